The number of fused-ring (bicyclic) bond motifs is 1. The van der Waals surface area contributed by atoms with Crippen molar-refractivity contribution in [3.63, 3.8) is 0 Å². The lowest BCUT2D eigenvalue weighted by atomic mass is 10.1. The van der Waals surface area contributed by atoms with Gasteiger partial charge in [-0.1, -0.05) is 42.1 Å². The maximum atomic E-state index is 12.0. The molecule has 0 bridgehead atoms. The summed E-state index contributed by atoms with van der Waals surface area (Å²) in [6, 6.07) is 10.4. The molecule has 2 aliphatic heterocycles. The molecule has 1 aromatic carbocycles. The summed E-state index contributed by atoms with van der Waals surface area (Å²) >= 11 is 3.30. The SMILES string of the molecule is CCOC(=O)C1=C2SC(Cc3ccccc3)=CN2CCS1. The van der Waals surface area contributed by atoms with E-state index < -0.39 is 0 Å². The Kier molecular flexibility index (Phi) is 4.60. The van der Waals surface area contributed by atoms with Gasteiger partial charge in [-0.05, 0) is 12.5 Å². The number of ether oxygens (including phenoxy) is 1. The minimum atomic E-state index is -0.191. The van der Waals surface area contributed by atoms with Crippen LogP contribution < -0.4 is 0 Å². The standard InChI is InChI=1S/C16H17NO2S2/c1-2-19-16(18)14-15-17(8-9-20-14)11-13(21-15)10-12-6-4-3-5-7-12/h3-7,11H,2,8-10H2,1H3. The van der Waals surface area contributed by atoms with Crippen LogP contribution in [0, 0.1) is 0 Å². The predicted octanol–water partition coefficient (Wildman–Crippen LogP) is 3.60. The van der Waals surface area contributed by atoms with Crippen LogP contribution in [0.5, 0.6) is 0 Å². The molecule has 0 unspecified atom stereocenters. The van der Waals surface area contributed by atoms with E-state index in [0.717, 1.165) is 28.7 Å². The first-order chi connectivity index (χ1) is 10.3. The highest BCUT2D eigenvalue weighted by atomic mass is 32.2. The Labute approximate surface area is 133 Å². The average molecular weight is 319 g/mol. The summed E-state index contributed by atoms with van der Waals surface area (Å²) in [6.07, 6.45) is 3.08. The molecule has 0 saturated carbocycles. The van der Waals surface area contributed by atoms with E-state index in [1.54, 1.807) is 23.5 Å². The highest BCUT2D eigenvalue weighted by Gasteiger charge is 2.30. The van der Waals surface area contributed by atoms with Crippen molar-refractivity contribution in [2.45, 2.75) is 13.3 Å². The number of carbonyl (C=O) groups excluding carboxylic acids is 1. The molecule has 5 heteroatoms. The molecule has 0 amide bonds. The lowest BCUT2D eigenvalue weighted by molar-refractivity contribution is -0.137. The minimum Gasteiger partial charge on any atom is -0.462 e. The van der Waals surface area contributed by atoms with Crippen LogP contribution in [-0.4, -0.2) is 29.8 Å². The molecular formula is C16H17NO2S2. The number of esters is 1. The summed E-state index contributed by atoms with van der Waals surface area (Å²) in [4.78, 5) is 16.3. The first kappa shape index (κ1) is 14.6. The van der Waals surface area contributed by atoms with Gasteiger partial charge in [0.15, 0.2) is 0 Å². The predicted molar refractivity (Wildman–Crippen MR) is 88.6 cm³/mol. The van der Waals surface area contributed by atoms with Gasteiger partial charge in [0.1, 0.15) is 9.93 Å². The zero-order chi connectivity index (χ0) is 14.7. The van der Waals surface area contributed by atoms with Gasteiger partial charge in [0.05, 0.1) is 6.61 Å². The van der Waals surface area contributed by atoms with E-state index in [9.17, 15) is 4.79 Å². The Morgan fingerprint density at radius 3 is 2.90 bits per heavy atom. The van der Waals surface area contributed by atoms with Crippen LogP contribution in [0.25, 0.3) is 0 Å². The number of hydrogen-bond acceptors (Lipinski definition) is 5. The molecule has 1 aromatic rings. The highest BCUT2D eigenvalue weighted by Crippen LogP contribution is 2.45. The molecule has 2 aliphatic rings. The second-order valence-corrected chi connectivity index (χ2v) is 6.98. The number of rotatable bonds is 4. The van der Waals surface area contributed by atoms with Gasteiger partial charge in [-0.3, -0.25) is 0 Å². The van der Waals surface area contributed by atoms with Crippen LogP contribution in [-0.2, 0) is 16.0 Å². The fourth-order valence-corrected chi connectivity index (χ4v) is 4.63. The zero-order valence-electron chi connectivity index (χ0n) is 11.9. The molecule has 0 spiro atoms. The second-order valence-electron chi connectivity index (χ2n) is 4.76. The number of hydrogen-bond donors (Lipinski definition) is 0. The van der Waals surface area contributed by atoms with Crippen molar-refractivity contribution in [3.05, 3.63) is 56.9 Å². The fourth-order valence-electron chi connectivity index (χ4n) is 2.31. The molecule has 0 radical (unpaired) electrons. The van der Waals surface area contributed by atoms with E-state index in [0.29, 0.717) is 6.61 Å². The van der Waals surface area contributed by atoms with Gasteiger partial charge in [0, 0.05) is 29.8 Å². The van der Waals surface area contributed by atoms with Gasteiger partial charge in [-0.15, -0.1) is 11.8 Å². The summed E-state index contributed by atoms with van der Waals surface area (Å²) in [7, 11) is 0. The van der Waals surface area contributed by atoms with E-state index in [4.69, 9.17) is 4.74 Å². The zero-order valence-corrected chi connectivity index (χ0v) is 13.5. The van der Waals surface area contributed by atoms with E-state index in [1.807, 2.05) is 13.0 Å². The number of nitrogens with zero attached hydrogens (tertiary/aromatic N) is 1. The summed E-state index contributed by atoms with van der Waals surface area (Å²) in [5.41, 5.74) is 1.29. The molecule has 0 fully saturated rings. The summed E-state index contributed by atoms with van der Waals surface area (Å²) < 4.78 is 5.16. The van der Waals surface area contributed by atoms with Crippen molar-refractivity contribution in [2.24, 2.45) is 0 Å². The van der Waals surface area contributed by atoms with Gasteiger partial charge in [0.2, 0.25) is 0 Å². The monoisotopic (exact) mass is 319 g/mol. The van der Waals surface area contributed by atoms with E-state index in [1.165, 1.54) is 10.5 Å². The maximum Gasteiger partial charge on any atom is 0.347 e. The van der Waals surface area contributed by atoms with Gasteiger partial charge in [-0.25, -0.2) is 4.79 Å². The Balaban J connectivity index is 1.77. The molecule has 0 atom stereocenters. The Bertz CT molecular complexity index is 596. The van der Waals surface area contributed by atoms with Crippen LogP contribution in [0.1, 0.15) is 12.5 Å². The summed E-state index contributed by atoms with van der Waals surface area (Å²) in [5, 5.41) is 1.04. The van der Waals surface area contributed by atoms with Crippen LogP contribution in [0.4, 0.5) is 0 Å². The number of thioether (sulfide) groups is 2. The van der Waals surface area contributed by atoms with E-state index in [2.05, 4.69) is 35.4 Å². The Morgan fingerprint density at radius 1 is 1.33 bits per heavy atom. The molecule has 21 heavy (non-hydrogen) atoms. The first-order valence-electron chi connectivity index (χ1n) is 7.01. The lowest BCUT2D eigenvalue weighted by Gasteiger charge is -2.24. The number of carbonyl (C=O) groups is 1. The van der Waals surface area contributed by atoms with Crippen LogP contribution in [0.3, 0.4) is 0 Å². The normalized spacial score (nSPS) is 17.6. The molecule has 0 N–H and O–H groups in total. The molecule has 0 saturated heterocycles. The van der Waals surface area contributed by atoms with Gasteiger partial charge >= 0.3 is 5.97 Å². The fraction of sp³-hybridized carbons (Fsp3) is 0.312. The average Bonchev–Trinajstić information content (AvgIpc) is 2.90. The molecule has 110 valence electrons. The van der Waals surface area contributed by atoms with Gasteiger partial charge < -0.3 is 9.64 Å². The maximum absolute atomic E-state index is 12.0. The topological polar surface area (TPSA) is 29.5 Å². The van der Waals surface area contributed by atoms with Crippen molar-refractivity contribution in [1.82, 2.24) is 4.90 Å². The molecular weight excluding hydrogens is 302 g/mol. The Morgan fingerprint density at radius 2 is 2.14 bits per heavy atom. The van der Waals surface area contributed by atoms with Crippen LogP contribution >= 0.6 is 23.5 Å². The third kappa shape index (κ3) is 3.30. The molecule has 3 rings (SSSR count). The van der Waals surface area contributed by atoms with Gasteiger partial charge in [-0.2, -0.15) is 0 Å². The first-order valence-corrected chi connectivity index (χ1v) is 8.81. The lowest BCUT2D eigenvalue weighted by Crippen LogP contribution is -2.23. The van der Waals surface area contributed by atoms with E-state index in [-0.39, 0.29) is 5.97 Å². The number of allylic oxidation sites excluding steroid dienone is 1. The third-order valence-electron chi connectivity index (χ3n) is 3.24. The van der Waals surface area contributed by atoms with Crippen molar-refractivity contribution in [3.8, 4) is 0 Å². The summed E-state index contributed by atoms with van der Waals surface area (Å²) in [5.74, 6) is 0.733. The largest absolute Gasteiger partial charge is 0.462 e. The quantitative estimate of drug-likeness (QED) is 0.791. The van der Waals surface area contributed by atoms with Crippen molar-refractivity contribution >= 4 is 29.5 Å². The Hall–Kier alpha value is -1.33. The highest BCUT2D eigenvalue weighted by molar-refractivity contribution is 8.09. The molecule has 3 nitrogen and oxygen atoms in total. The second kappa shape index (κ2) is 6.62. The molecule has 0 aromatic heterocycles. The van der Waals surface area contributed by atoms with Gasteiger partial charge in [0.25, 0.3) is 0 Å². The van der Waals surface area contributed by atoms with Crippen molar-refractivity contribution in [2.75, 3.05) is 18.9 Å². The smallest absolute Gasteiger partial charge is 0.347 e. The third-order valence-corrected chi connectivity index (χ3v) is 5.55. The van der Waals surface area contributed by atoms with Crippen LogP contribution in [0.15, 0.2) is 51.4 Å². The number of benzene rings is 1. The van der Waals surface area contributed by atoms with Crippen molar-refractivity contribution < 1.29 is 9.53 Å². The van der Waals surface area contributed by atoms with Crippen LogP contribution in [0.2, 0.25) is 0 Å². The summed E-state index contributed by atoms with van der Waals surface area (Å²) in [6.45, 7) is 3.22. The minimum absolute atomic E-state index is 0.191. The molecule has 2 heterocycles. The molecule has 0 aliphatic carbocycles. The van der Waals surface area contributed by atoms with E-state index >= 15 is 0 Å². The van der Waals surface area contributed by atoms with Crippen molar-refractivity contribution in [1.29, 1.82) is 0 Å².